The van der Waals surface area contributed by atoms with Gasteiger partial charge in [-0.3, -0.25) is 4.79 Å². The van der Waals surface area contributed by atoms with E-state index in [9.17, 15) is 4.79 Å². The lowest BCUT2D eigenvalue weighted by atomic mass is 10.0. The Kier molecular flexibility index (Phi) is 2.71. The summed E-state index contributed by atoms with van der Waals surface area (Å²) in [4.78, 5) is 15.7. The van der Waals surface area contributed by atoms with Gasteiger partial charge in [-0.2, -0.15) is 0 Å². The number of carbonyl (C=O) groups excluding carboxylic acids is 1. The molecule has 1 aliphatic carbocycles. The van der Waals surface area contributed by atoms with E-state index in [1.165, 1.54) is 35.2 Å². The van der Waals surface area contributed by atoms with Crippen molar-refractivity contribution in [1.29, 1.82) is 0 Å². The first-order chi connectivity index (χ1) is 8.27. The van der Waals surface area contributed by atoms with Gasteiger partial charge in [-0.1, -0.05) is 12.1 Å². The van der Waals surface area contributed by atoms with E-state index in [1.54, 1.807) is 0 Å². The number of fused-ring (bicyclic) bond motifs is 1. The summed E-state index contributed by atoms with van der Waals surface area (Å²) in [5.74, 6) is 0. The third-order valence-electron chi connectivity index (χ3n) is 3.50. The monoisotopic (exact) mass is 245 g/mol. The summed E-state index contributed by atoms with van der Waals surface area (Å²) < 4.78 is 0. The fraction of sp³-hybridized carbons (Fsp3) is 0.357. The van der Waals surface area contributed by atoms with Gasteiger partial charge in [-0.25, -0.2) is 0 Å². The summed E-state index contributed by atoms with van der Waals surface area (Å²) in [5, 5.41) is 0.194. The second kappa shape index (κ2) is 4.22. The Morgan fingerprint density at radius 2 is 1.94 bits per heavy atom. The largest absolute Gasteiger partial charge is 0.347 e. The van der Waals surface area contributed by atoms with Crippen LogP contribution in [0.4, 0.5) is 5.69 Å². The average molecular weight is 245 g/mol. The van der Waals surface area contributed by atoms with E-state index in [2.05, 4.69) is 11.9 Å². The van der Waals surface area contributed by atoms with Crippen molar-refractivity contribution in [1.82, 2.24) is 0 Å². The van der Waals surface area contributed by atoms with Crippen LogP contribution >= 0.6 is 11.8 Å². The van der Waals surface area contributed by atoms with Crippen LogP contribution in [0.15, 0.2) is 34.9 Å². The Hall–Kier alpha value is -1.22. The first-order valence-electron chi connectivity index (χ1n) is 6.04. The molecule has 1 heterocycles. The lowest BCUT2D eigenvalue weighted by Gasteiger charge is -2.27. The van der Waals surface area contributed by atoms with Gasteiger partial charge in [0.05, 0.1) is 11.3 Å². The van der Waals surface area contributed by atoms with Gasteiger partial charge >= 0.3 is 0 Å². The van der Waals surface area contributed by atoms with Gasteiger partial charge in [0.15, 0.2) is 0 Å². The van der Waals surface area contributed by atoms with E-state index in [1.807, 2.05) is 24.3 Å². The number of nitrogens with zero attached hydrogens (tertiary/aromatic N) is 1. The number of rotatable bonds is 0. The summed E-state index contributed by atoms with van der Waals surface area (Å²) in [6.45, 7) is 0. The van der Waals surface area contributed by atoms with Crippen molar-refractivity contribution in [2.45, 2.75) is 25.7 Å². The van der Waals surface area contributed by atoms with E-state index in [0.29, 0.717) is 0 Å². The minimum absolute atomic E-state index is 0.194. The molecule has 0 fully saturated rings. The highest BCUT2D eigenvalue weighted by Gasteiger charge is 2.27. The molecule has 0 atom stereocenters. The molecule has 3 heteroatoms. The van der Waals surface area contributed by atoms with Crippen LogP contribution in [0.3, 0.4) is 0 Å². The molecule has 0 N–H and O–H groups in total. The molecule has 1 aromatic carbocycles. The standard InChI is InChI=1S/C14H15NOS/c1-15-11-7-3-2-6-10(11)14(16)17-13-9-5-4-8-12(13)15/h2-3,6-7H,4-5,8-9H2,1H3. The molecular formula is C14H15NOS. The Balaban J connectivity index is 2.14. The van der Waals surface area contributed by atoms with Gasteiger partial charge in [0.25, 0.3) is 0 Å². The predicted octanol–water partition coefficient (Wildman–Crippen LogP) is 3.80. The highest BCUT2D eigenvalue weighted by molar-refractivity contribution is 8.17. The maximum Gasteiger partial charge on any atom is 0.225 e. The summed E-state index contributed by atoms with van der Waals surface area (Å²) in [6, 6.07) is 7.91. The van der Waals surface area contributed by atoms with Gasteiger partial charge in [0.2, 0.25) is 5.12 Å². The van der Waals surface area contributed by atoms with Crippen molar-refractivity contribution in [3.8, 4) is 0 Å². The third-order valence-corrected chi connectivity index (χ3v) is 4.59. The zero-order valence-corrected chi connectivity index (χ0v) is 10.7. The highest BCUT2D eigenvalue weighted by atomic mass is 32.2. The number of benzene rings is 1. The Bertz CT molecular complexity index is 507. The molecule has 0 unspecified atom stereocenters. The minimum atomic E-state index is 0.194. The van der Waals surface area contributed by atoms with Crippen LogP contribution in [0.5, 0.6) is 0 Å². The molecule has 17 heavy (non-hydrogen) atoms. The third kappa shape index (κ3) is 1.78. The van der Waals surface area contributed by atoms with Gasteiger partial charge in [0, 0.05) is 17.6 Å². The van der Waals surface area contributed by atoms with Crippen LogP contribution in [0, 0.1) is 0 Å². The molecule has 0 saturated heterocycles. The molecule has 1 aliphatic heterocycles. The molecule has 88 valence electrons. The summed E-state index contributed by atoms with van der Waals surface area (Å²) in [7, 11) is 2.08. The number of thioether (sulfide) groups is 1. The molecule has 0 aromatic heterocycles. The quantitative estimate of drug-likeness (QED) is 0.693. The Morgan fingerprint density at radius 1 is 1.18 bits per heavy atom. The van der Waals surface area contributed by atoms with Crippen LogP contribution < -0.4 is 4.90 Å². The summed E-state index contributed by atoms with van der Waals surface area (Å²) in [5.41, 5.74) is 3.24. The van der Waals surface area contributed by atoms with Crippen LogP contribution in [0.2, 0.25) is 0 Å². The molecular weight excluding hydrogens is 230 g/mol. The topological polar surface area (TPSA) is 20.3 Å². The normalized spacial score (nSPS) is 19.8. The van der Waals surface area contributed by atoms with Gasteiger partial charge < -0.3 is 4.90 Å². The van der Waals surface area contributed by atoms with Crippen molar-refractivity contribution >= 4 is 22.6 Å². The fourth-order valence-corrected chi connectivity index (χ4v) is 3.69. The second-order valence-corrected chi connectivity index (χ2v) is 5.61. The fourth-order valence-electron chi connectivity index (χ4n) is 2.58. The van der Waals surface area contributed by atoms with E-state index >= 15 is 0 Å². The number of anilines is 1. The van der Waals surface area contributed by atoms with Crippen LogP contribution in [-0.2, 0) is 0 Å². The molecule has 0 spiro atoms. The first-order valence-corrected chi connectivity index (χ1v) is 6.86. The van der Waals surface area contributed by atoms with Crippen molar-refractivity contribution in [2.24, 2.45) is 0 Å². The Morgan fingerprint density at radius 3 is 2.82 bits per heavy atom. The number of hydrogen-bond acceptors (Lipinski definition) is 3. The van der Waals surface area contributed by atoms with Crippen molar-refractivity contribution in [3.63, 3.8) is 0 Å². The SMILES string of the molecule is CN1C2=C(CCCC2)SC(=O)c2ccccc21. The van der Waals surface area contributed by atoms with Crippen LogP contribution in [0.25, 0.3) is 0 Å². The van der Waals surface area contributed by atoms with Gasteiger partial charge in [-0.15, -0.1) is 0 Å². The number of carbonyl (C=O) groups is 1. The predicted molar refractivity (Wildman–Crippen MR) is 72.3 cm³/mol. The zero-order chi connectivity index (χ0) is 11.8. The number of para-hydroxylation sites is 1. The van der Waals surface area contributed by atoms with Crippen molar-refractivity contribution in [3.05, 3.63) is 40.4 Å². The molecule has 1 aromatic rings. The highest BCUT2D eigenvalue weighted by Crippen LogP contribution is 2.42. The van der Waals surface area contributed by atoms with E-state index < -0.39 is 0 Å². The molecule has 2 nitrogen and oxygen atoms in total. The average Bonchev–Trinajstić information content (AvgIpc) is 2.48. The smallest absolute Gasteiger partial charge is 0.225 e. The van der Waals surface area contributed by atoms with Gasteiger partial charge in [0.1, 0.15) is 0 Å². The van der Waals surface area contributed by atoms with E-state index in [0.717, 1.165) is 24.1 Å². The zero-order valence-electron chi connectivity index (χ0n) is 9.90. The Labute approximate surface area is 106 Å². The summed E-state index contributed by atoms with van der Waals surface area (Å²) in [6.07, 6.45) is 4.61. The van der Waals surface area contributed by atoms with Crippen LogP contribution in [-0.4, -0.2) is 12.2 Å². The van der Waals surface area contributed by atoms with Crippen LogP contribution in [0.1, 0.15) is 36.0 Å². The minimum Gasteiger partial charge on any atom is -0.347 e. The molecule has 3 rings (SSSR count). The van der Waals surface area contributed by atoms with E-state index in [4.69, 9.17) is 0 Å². The molecule has 0 amide bonds. The lowest BCUT2D eigenvalue weighted by molar-refractivity contribution is 0.109. The maximum absolute atomic E-state index is 12.2. The molecule has 0 radical (unpaired) electrons. The summed E-state index contributed by atoms with van der Waals surface area (Å²) >= 11 is 1.44. The lowest BCUT2D eigenvalue weighted by Crippen LogP contribution is -2.19. The van der Waals surface area contributed by atoms with Crippen molar-refractivity contribution in [2.75, 3.05) is 11.9 Å². The van der Waals surface area contributed by atoms with Gasteiger partial charge in [-0.05, 0) is 49.6 Å². The van der Waals surface area contributed by atoms with Crippen molar-refractivity contribution < 1.29 is 4.79 Å². The first kappa shape index (κ1) is 10.9. The molecule has 0 saturated carbocycles. The number of hydrogen-bond donors (Lipinski definition) is 0. The maximum atomic E-state index is 12.2. The molecule has 2 aliphatic rings. The van der Waals surface area contributed by atoms with E-state index in [-0.39, 0.29) is 5.12 Å². The second-order valence-electron chi connectivity index (χ2n) is 4.54. The number of allylic oxidation sites excluding steroid dienone is 2. The molecule has 0 bridgehead atoms.